The molecule has 2 rings (SSSR count). The lowest BCUT2D eigenvalue weighted by molar-refractivity contribution is -0.123. The van der Waals surface area contributed by atoms with Crippen molar-refractivity contribution in [2.24, 2.45) is 0 Å². The first-order valence-electron chi connectivity index (χ1n) is 7.67. The molecule has 1 aromatic heterocycles. The van der Waals surface area contributed by atoms with Crippen LogP contribution in [0.5, 0.6) is 5.75 Å². The molecule has 1 aromatic carbocycles. The first-order chi connectivity index (χ1) is 11.0. The second kappa shape index (κ2) is 7.83. The minimum Gasteiger partial charge on any atom is -0.483 e. The van der Waals surface area contributed by atoms with E-state index in [4.69, 9.17) is 9.15 Å². The molecular weight excluding hydrogens is 294 g/mol. The molecule has 0 aliphatic heterocycles. The summed E-state index contributed by atoms with van der Waals surface area (Å²) in [6.07, 6.45) is 1.16. The minimum absolute atomic E-state index is 0.0487. The van der Waals surface area contributed by atoms with E-state index in [1.54, 1.807) is 12.1 Å². The Morgan fingerprint density at radius 1 is 1.26 bits per heavy atom. The zero-order valence-corrected chi connectivity index (χ0v) is 13.7. The molecule has 2 N–H and O–H groups in total. The van der Waals surface area contributed by atoms with Crippen LogP contribution in [0.2, 0.25) is 0 Å². The van der Waals surface area contributed by atoms with E-state index < -0.39 is 6.10 Å². The Hall–Kier alpha value is -2.27. The number of aliphatic hydroxyl groups is 1. The quantitative estimate of drug-likeness (QED) is 0.823. The molecule has 0 fully saturated rings. The molecule has 0 radical (unpaired) electrons. The van der Waals surface area contributed by atoms with Crippen molar-refractivity contribution >= 4 is 5.91 Å². The van der Waals surface area contributed by atoms with Gasteiger partial charge in [0.25, 0.3) is 5.91 Å². The minimum atomic E-state index is -0.736. The number of carbonyl (C=O) groups excluding carboxylic acids is 1. The van der Waals surface area contributed by atoms with Crippen LogP contribution in [0.1, 0.15) is 36.3 Å². The summed E-state index contributed by atoms with van der Waals surface area (Å²) in [4.78, 5) is 12.0. The number of hydrogen-bond acceptors (Lipinski definition) is 4. The molecule has 2 aromatic rings. The number of carbonyl (C=O) groups is 1. The van der Waals surface area contributed by atoms with E-state index in [-0.39, 0.29) is 18.6 Å². The largest absolute Gasteiger partial charge is 0.483 e. The number of aryl methyl sites for hydroxylation is 2. The van der Waals surface area contributed by atoms with Crippen LogP contribution in [-0.2, 0) is 4.79 Å². The predicted molar refractivity (Wildman–Crippen MR) is 87.3 cm³/mol. The van der Waals surface area contributed by atoms with Crippen LogP contribution in [0.3, 0.4) is 0 Å². The molecule has 0 spiro atoms. The van der Waals surface area contributed by atoms with E-state index in [0.29, 0.717) is 12.2 Å². The topological polar surface area (TPSA) is 71.7 Å². The van der Waals surface area contributed by atoms with Gasteiger partial charge in [-0.15, -0.1) is 0 Å². The van der Waals surface area contributed by atoms with Crippen molar-refractivity contribution in [2.75, 3.05) is 6.61 Å². The maximum atomic E-state index is 12.0. The third-order valence-corrected chi connectivity index (χ3v) is 3.61. The number of aliphatic hydroxyl groups excluding tert-OH is 1. The average molecular weight is 317 g/mol. The maximum absolute atomic E-state index is 12.0. The van der Waals surface area contributed by atoms with Gasteiger partial charge >= 0.3 is 0 Å². The highest BCUT2D eigenvalue weighted by atomic mass is 16.5. The number of para-hydroxylation sites is 1. The van der Waals surface area contributed by atoms with E-state index in [2.05, 4.69) is 5.32 Å². The van der Waals surface area contributed by atoms with Gasteiger partial charge in [0.05, 0.1) is 6.26 Å². The fraction of sp³-hybridized carbons (Fsp3) is 0.389. The maximum Gasteiger partial charge on any atom is 0.258 e. The highest BCUT2D eigenvalue weighted by Gasteiger charge is 2.16. The Morgan fingerprint density at radius 3 is 2.57 bits per heavy atom. The van der Waals surface area contributed by atoms with Crippen molar-refractivity contribution in [2.45, 2.75) is 39.3 Å². The van der Waals surface area contributed by atoms with Gasteiger partial charge in [-0.2, -0.15) is 0 Å². The molecule has 5 nitrogen and oxygen atoms in total. The van der Waals surface area contributed by atoms with Gasteiger partial charge in [0.15, 0.2) is 6.61 Å². The molecule has 1 heterocycles. The molecule has 0 saturated heterocycles. The van der Waals surface area contributed by atoms with Crippen molar-refractivity contribution in [3.63, 3.8) is 0 Å². The summed E-state index contributed by atoms with van der Waals surface area (Å²) in [6.45, 7) is 5.68. The van der Waals surface area contributed by atoms with Gasteiger partial charge in [0, 0.05) is 12.5 Å². The van der Waals surface area contributed by atoms with Crippen molar-refractivity contribution in [3.8, 4) is 5.75 Å². The second-order valence-corrected chi connectivity index (χ2v) is 5.75. The lowest BCUT2D eigenvalue weighted by Gasteiger charge is -2.17. The van der Waals surface area contributed by atoms with Crippen molar-refractivity contribution in [3.05, 3.63) is 53.5 Å². The number of rotatable bonds is 7. The van der Waals surface area contributed by atoms with E-state index in [1.165, 1.54) is 6.26 Å². The molecule has 0 bridgehead atoms. The van der Waals surface area contributed by atoms with Gasteiger partial charge in [-0.1, -0.05) is 18.2 Å². The molecule has 0 aliphatic carbocycles. The highest BCUT2D eigenvalue weighted by Crippen LogP contribution is 2.22. The van der Waals surface area contributed by atoms with E-state index >= 15 is 0 Å². The zero-order chi connectivity index (χ0) is 16.8. The Morgan fingerprint density at radius 2 is 1.96 bits per heavy atom. The Kier molecular flexibility index (Phi) is 5.82. The average Bonchev–Trinajstić information content (AvgIpc) is 3.00. The first-order valence-corrected chi connectivity index (χ1v) is 7.67. The number of hydrogen-bond donors (Lipinski definition) is 2. The highest BCUT2D eigenvalue weighted by molar-refractivity contribution is 5.77. The van der Waals surface area contributed by atoms with Gasteiger partial charge in [-0.3, -0.25) is 4.79 Å². The lowest BCUT2D eigenvalue weighted by atomic mass is 10.1. The third-order valence-electron chi connectivity index (χ3n) is 3.61. The predicted octanol–water partition coefficient (Wildman–Crippen LogP) is 2.90. The van der Waals surface area contributed by atoms with Crippen LogP contribution in [0.25, 0.3) is 0 Å². The SMILES string of the molecule is Cc1cccc(C)c1OCC(=O)NC(C)CC(O)c1ccco1. The monoisotopic (exact) mass is 317 g/mol. The van der Waals surface area contributed by atoms with Crippen molar-refractivity contribution in [1.29, 1.82) is 0 Å². The number of nitrogens with one attached hydrogen (secondary N) is 1. The van der Waals surface area contributed by atoms with Crippen LogP contribution < -0.4 is 10.1 Å². The van der Waals surface area contributed by atoms with Crippen molar-refractivity contribution in [1.82, 2.24) is 5.32 Å². The summed E-state index contributed by atoms with van der Waals surface area (Å²) in [6, 6.07) is 9.09. The Labute approximate surface area is 136 Å². The molecule has 23 heavy (non-hydrogen) atoms. The summed E-state index contributed by atoms with van der Waals surface area (Å²) in [7, 11) is 0. The normalized spacial score (nSPS) is 13.4. The van der Waals surface area contributed by atoms with E-state index in [9.17, 15) is 9.90 Å². The van der Waals surface area contributed by atoms with Gasteiger partial charge in [-0.05, 0) is 44.0 Å². The number of furan rings is 1. The van der Waals surface area contributed by atoms with Crippen LogP contribution >= 0.6 is 0 Å². The summed E-state index contributed by atoms with van der Waals surface area (Å²) in [5.74, 6) is 1.02. The molecule has 124 valence electrons. The zero-order valence-electron chi connectivity index (χ0n) is 13.7. The summed E-state index contributed by atoms with van der Waals surface area (Å²) in [5, 5.41) is 12.8. The Balaban J connectivity index is 1.80. The number of ether oxygens (including phenoxy) is 1. The van der Waals surface area contributed by atoms with Crippen LogP contribution in [0.4, 0.5) is 0 Å². The lowest BCUT2D eigenvalue weighted by Crippen LogP contribution is -2.37. The van der Waals surface area contributed by atoms with Gasteiger partial charge in [0.2, 0.25) is 0 Å². The summed E-state index contributed by atoms with van der Waals surface area (Å²) < 4.78 is 10.8. The molecule has 0 aliphatic rings. The molecule has 5 heteroatoms. The third kappa shape index (κ3) is 4.86. The Bertz CT molecular complexity index is 616. The van der Waals surface area contributed by atoms with E-state index in [1.807, 2.05) is 39.0 Å². The van der Waals surface area contributed by atoms with E-state index in [0.717, 1.165) is 16.9 Å². The van der Waals surface area contributed by atoms with Gasteiger partial charge in [0.1, 0.15) is 17.6 Å². The summed E-state index contributed by atoms with van der Waals surface area (Å²) >= 11 is 0. The smallest absolute Gasteiger partial charge is 0.258 e. The number of benzene rings is 1. The second-order valence-electron chi connectivity index (χ2n) is 5.75. The van der Waals surface area contributed by atoms with Crippen LogP contribution in [-0.4, -0.2) is 23.7 Å². The van der Waals surface area contributed by atoms with Crippen LogP contribution in [0, 0.1) is 13.8 Å². The molecule has 2 unspecified atom stereocenters. The molecule has 2 atom stereocenters. The summed E-state index contributed by atoms with van der Waals surface area (Å²) in [5.41, 5.74) is 2.00. The van der Waals surface area contributed by atoms with Gasteiger partial charge < -0.3 is 19.6 Å². The standard InChI is InChI=1S/C18H23NO4/c1-12-6-4-7-13(2)18(12)23-11-17(21)19-14(3)10-15(20)16-8-5-9-22-16/h4-9,14-15,20H,10-11H2,1-3H3,(H,19,21). The molecule has 0 saturated carbocycles. The molecular formula is C18H23NO4. The fourth-order valence-electron chi connectivity index (χ4n) is 2.47. The van der Waals surface area contributed by atoms with Crippen molar-refractivity contribution < 1.29 is 19.1 Å². The number of amides is 1. The fourth-order valence-corrected chi connectivity index (χ4v) is 2.47. The molecule has 1 amide bonds. The van der Waals surface area contributed by atoms with Crippen LogP contribution in [0.15, 0.2) is 41.0 Å². The van der Waals surface area contributed by atoms with Gasteiger partial charge in [-0.25, -0.2) is 0 Å². The first kappa shape index (κ1) is 17.1.